The average molecular weight is 321 g/mol. The van der Waals surface area contributed by atoms with E-state index in [1.165, 1.54) is 5.56 Å². The molecule has 0 spiro atoms. The third-order valence-electron chi connectivity index (χ3n) is 2.87. The number of nitrogen functional groups attached to an aromatic ring is 1. The molecule has 0 aliphatic carbocycles. The SMILES string of the molecule is CN(Cc1ccccc1Br)Cc1cccnc1NN. The minimum Gasteiger partial charge on any atom is -0.308 e. The van der Waals surface area contributed by atoms with Crippen LogP contribution in [0.2, 0.25) is 0 Å². The van der Waals surface area contributed by atoms with Crippen molar-refractivity contribution >= 4 is 21.7 Å². The zero-order valence-corrected chi connectivity index (χ0v) is 12.4. The lowest BCUT2D eigenvalue weighted by Crippen LogP contribution is -2.20. The molecule has 1 aromatic carbocycles. The molecular formula is C14H17BrN4. The average Bonchev–Trinajstić information content (AvgIpc) is 2.42. The number of benzene rings is 1. The topological polar surface area (TPSA) is 54.2 Å². The summed E-state index contributed by atoms with van der Waals surface area (Å²) in [5, 5.41) is 0. The van der Waals surface area contributed by atoms with Gasteiger partial charge in [0.1, 0.15) is 5.82 Å². The summed E-state index contributed by atoms with van der Waals surface area (Å²) in [5.74, 6) is 6.19. The van der Waals surface area contributed by atoms with Gasteiger partial charge in [-0.05, 0) is 24.7 Å². The lowest BCUT2D eigenvalue weighted by Gasteiger charge is -2.19. The summed E-state index contributed by atoms with van der Waals surface area (Å²) >= 11 is 3.57. The molecule has 1 heterocycles. The standard InChI is InChI=1S/C14H17BrN4/c1-19(9-11-5-2-3-7-13(11)15)10-12-6-4-8-17-14(12)18-16/h2-8H,9-10,16H2,1H3,(H,17,18). The van der Waals surface area contributed by atoms with Crippen LogP contribution in [-0.4, -0.2) is 16.9 Å². The molecule has 0 amide bonds. The quantitative estimate of drug-likeness (QED) is 0.657. The molecular weight excluding hydrogens is 304 g/mol. The fraction of sp³-hybridized carbons (Fsp3) is 0.214. The molecule has 4 nitrogen and oxygen atoms in total. The highest BCUT2D eigenvalue weighted by molar-refractivity contribution is 9.10. The second kappa shape index (κ2) is 6.65. The lowest BCUT2D eigenvalue weighted by atomic mass is 10.2. The summed E-state index contributed by atoms with van der Waals surface area (Å²) in [4.78, 5) is 6.42. The second-order valence-corrected chi connectivity index (χ2v) is 5.27. The number of aromatic nitrogens is 1. The van der Waals surface area contributed by atoms with E-state index in [0.717, 1.165) is 28.9 Å². The number of halogens is 1. The molecule has 100 valence electrons. The number of nitrogens with zero attached hydrogens (tertiary/aromatic N) is 2. The van der Waals surface area contributed by atoms with Crippen molar-refractivity contribution in [2.75, 3.05) is 12.5 Å². The van der Waals surface area contributed by atoms with Crippen molar-refractivity contribution in [2.45, 2.75) is 13.1 Å². The number of nitrogens with two attached hydrogens (primary N) is 1. The van der Waals surface area contributed by atoms with E-state index in [9.17, 15) is 0 Å². The van der Waals surface area contributed by atoms with Crippen molar-refractivity contribution in [1.29, 1.82) is 0 Å². The van der Waals surface area contributed by atoms with Crippen molar-refractivity contribution in [2.24, 2.45) is 5.84 Å². The summed E-state index contributed by atoms with van der Waals surface area (Å²) < 4.78 is 1.13. The Morgan fingerprint density at radius 2 is 1.84 bits per heavy atom. The van der Waals surface area contributed by atoms with Crippen LogP contribution in [0.15, 0.2) is 47.1 Å². The van der Waals surface area contributed by atoms with Crippen LogP contribution in [0.25, 0.3) is 0 Å². The van der Waals surface area contributed by atoms with Crippen LogP contribution in [0.4, 0.5) is 5.82 Å². The highest BCUT2D eigenvalue weighted by atomic mass is 79.9. The Morgan fingerprint density at radius 1 is 1.16 bits per heavy atom. The molecule has 1 aromatic heterocycles. The van der Waals surface area contributed by atoms with Crippen molar-refractivity contribution in [3.63, 3.8) is 0 Å². The van der Waals surface area contributed by atoms with Gasteiger partial charge in [0, 0.05) is 29.3 Å². The van der Waals surface area contributed by atoms with Gasteiger partial charge in [0.2, 0.25) is 0 Å². The van der Waals surface area contributed by atoms with Gasteiger partial charge < -0.3 is 5.43 Å². The molecule has 3 N–H and O–H groups in total. The van der Waals surface area contributed by atoms with Crippen LogP contribution < -0.4 is 11.3 Å². The van der Waals surface area contributed by atoms with Gasteiger partial charge in [-0.25, -0.2) is 10.8 Å². The molecule has 2 rings (SSSR count). The van der Waals surface area contributed by atoms with E-state index in [4.69, 9.17) is 5.84 Å². The van der Waals surface area contributed by atoms with Gasteiger partial charge in [-0.15, -0.1) is 0 Å². The zero-order chi connectivity index (χ0) is 13.7. The predicted octanol–water partition coefficient (Wildman–Crippen LogP) is 2.76. The minimum atomic E-state index is 0.724. The number of hydrogen-bond donors (Lipinski definition) is 2. The third-order valence-corrected chi connectivity index (χ3v) is 3.64. The highest BCUT2D eigenvalue weighted by Gasteiger charge is 2.07. The maximum atomic E-state index is 5.46. The van der Waals surface area contributed by atoms with Crippen LogP contribution in [0.3, 0.4) is 0 Å². The Bertz CT molecular complexity index is 544. The Kier molecular flexibility index (Phi) is 4.90. The number of pyridine rings is 1. The first-order valence-corrected chi connectivity index (χ1v) is 6.82. The Hall–Kier alpha value is -1.43. The van der Waals surface area contributed by atoms with Crippen molar-refractivity contribution < 1.29 is 0 Å². The predicted molar refractivity (Wildman–Crippen MR) is 81.4 cm³/mol. The third kappa shape index (κ3) is 3.76. The van der Waals surface area contributed by atoms with Gasteiger partial charge in [0.25, 0.3) is 0 Å². The molecule has 0 aliphatic rings. The number of anilines is 1. The number of hydrazine groups is 1. The summed E-state index contributed by atoms with van der Waals surface area (Å²) in [6.45, 7) is 1.65. The summed E-state index contributed by atoms with van der Waals surface area (Å²) in [6, 6.07) is 12.2. The molecule has 0 radical (unpaired) electrons. The fourth-order valence-corrected chi connectivity index (χ4v) is 2.37. The number of nitrogens with one attached hydrogen (secondary N) is 1. The lowest BCUT2D eigenvalue weighted by molar-refractivity contribution is 0.318. The van der Waals surface area contributed by atoms with Gasteiger partial charge in [0.05, 0.1) is 0 Å². The summed E-state index contributed by atoms with van der Waals surface area (Å²) in [6.07, 6.45) is 1.73. The Labute approximate surface area is 121 Å². The van der Waals surface area contributed by atoms with Gasteiger partial charge in [-0.2, -0.15) is 0 Å². The molecule has 2 aromatic rings. The first kappa shape index (κ1) is 14.0. The van der Waals surface area contributed by atoms with Crippen molar-refractivity contribution in [3.8, 4) is 0 Å². The molecule has 0 aliphatic heterocycles. The molecule has 0 bridgehead atoms. The monoisotopic (exact) mass is 320 g/mol. The van der Waals surface area contributed by atoms with Gasteiger partial charge >= 0.3 is 0 Å². The number of rotatable bonds is 5. The molecule has 19 heavy (non-hydrogen) atoms. The summed E-state index contributed by atoms with van der Waals surface area (Å²) in [7, 11) is 2.08. The largest absolute Gasteiger partial charge is 0.308 e. The van der Waals surface area contributed by atoms with E-state index in [1.54, 1.807) is 6.20 Å². The van der Waals surface area contributed by atoms with E-state index in [-0.39, 0.29) is 0 Å². The van der Waals surface area contributed by atoms with Gasteiger partial charge in [0.15, 0.2) is 0 Å². The van der Waals surface area contributed by atoms with E-state index in [1.807, 2.05) is 24.3 Å². The fourth-order valence-electron chi connectivity index (χ4n) is 1.96. The van der Waals surface area contributed by atoms with Crippen molar-refractivity contribution in [1.82, 2.24) is 9.88 Å². The van der Waals surface area contributed by atoms with Crippen LogP contribution in [-0.2, 0) is 13.1 Å². The smallest absolute Gasteiger partial charge is 0.144 e. The second-order valence-electron chi connectivity index (χ2n) is 4.42. The maximum Gasteiger partial charge on any atom is 0.144 e. The van der Waals surface area contributed by atoms with Crippen LogP contribution in [0, 0.1) is 0 Å². The molecule has 5 heteroatoms. The first-order valence-electron chi connectivity index (χ1n) is 6.03. The van der Waals surface area contributed by atoms with E-state index >= 15 is 0 Å². The van der Waals surface area contributed by atoms with E-state index in [0.29, 0.717) is 0 Å². The maximum absolute atomic E-state index is 5.46. The highest BCUT2D eigenvalue weighted by Crippen LogP contribution is 2.19. The van der Waals surface area contributed by atoms with Gasteiger partial charge in [-0.3, -0.25) is 4.90 Å². The molecule has 0 fully saturated rings. The minimum absolute atomic E-state index is 0.724. The first-order chi connectivity index (χ1) is 9.20. The summed E-state index contributed by atoms with van der Waals surface area (Å²) in [5.41, 5.74) is 4.97. The van der Waals surface area contributed by atoms with Crippen LogP contribution in [0.1, 0.15) is 11.1 Å². The molecule has 0 saturated heterocycles. The van der Waals surface area contributed by atoms with Gasteiger partial charge in [-0.1, -0.05) is 40.2 Å². The number of hydrogen-bond acceptors (Lipinski definition) is 4. The normalized spacial score (nSPS) is 10.7. The molecule has 0 saturated carbocycles. The molecule has 0 unspecified atom stereocenters. The van der Waals surface area contributed by atoms with E-state index < -0.39 is 0 Å². The molecule has 0 atom stereocenters. The van der Waals surface area contributed by atoms with Crippen LogP contribution >= 0.6 is 15.9 Å². The Balaban J connectivity index is 2.05. The Morgan fingerprint density at radius 3 is 2.58 bits per heavy atom. The zero-order valence-electron chi connectivity index (χ0n) is 10.8. The van der Waals surface area contributed by atoms with E-state index in [2.05, 4.69) is 50.4 Å². The van der Waals surface area contributed by atoms with Crippen LogP contribution in [0.5, 0.6) is 0 Å². The van der Waals surface area contributed by atoms with Crippen molar-refractivity contribution in [3.05, 3.63) is 58.2 Å².